The Kier molecular flexibility index (Phi) is 4.76. The second-order valence-corrected chi connectivity index (χ2v) is 13.2. The summed E-state index contributed by atoms with van der Waals surface area (Å²) in [4.78, 5) is 4.24. The SMILES string of the molecule is C[C](C)(C)[Sn][c]1ccc(-c2coc(-c3c(F)cccc3F)n2)cc1. The molecule has 3 aromatic rings. The van der Waals surface area contributed by atoms with Gasteiger partial charge < -0.3 is 0 Å². The van der Waals surface area contributed by atoms with Crippen LogP contribution in [0.25, 0.3) is 22.7 Å². The van der Waals surface area contributed by atoms with E-state index in [1.807, 2.05) is 12.1 Å². The Morgan fingerprint density at radius 2 is 1.58 bits per heavy atom. The Bertz CT molecular complexity index is 830. The first-order valence-corrected chi connectivity index (χ1v) is 10.5. The molecule has 2 nitrogen and oxygen atoms in total. The molecule has 0 atom stereocenters. The molecule has 0 fully saturated rings. The van der Waals surface area contributed by atoms with Crippen LogP contribution in [0.2, 0.25) is 3.43 Å². The van der Waals surface area contributed by atoms with E-state index < -0.39 is 32.8 Å². The summed E-state index contributed by atoms with van der Waals surface area (Å²) in [7, 11) is 0. The molecule has 0 amide bonds. The third-order valence-corrected chi connectivity index (χ3v) is 7.30. The second kappa shape index (κ2) is 6.67. The number of hydrogen-bond donors (Lipinski definition) is 0. The molecule has 0 aliphatic rings. The topological polar surface area (TPSA) is 26.0 Å². The van der Waals surface area contributed by atoms with Crippen molar-refractivity contribution >= 4 is 24.7 Å². The molecule has 2 aromatic carbocycles. The van der Waals surface area contributed by atoms with E-state index in [2.05, 4.69) is 37.9 Å². The van der Waals surface area contributed by atoms with Crippen LogP contribution in [0.5, 0.6) is 0 Å². The zero-order valence-corrected chi connectivity index (χ0v) is 16.6. The summed E-state index contributed by atoms with van der Waals surface area (Å²) in [6.07, 6.45) is 1.43. The van der Waals surface area contributed by atoms with Gasteiger partial charge in [-0.25, -0.2) is 0 Å². The van der Waals surface area contributed by atoms with Crippen molar-refractivity contribution in [2.75, 3.05) is 0 Å². The van der Waals surface area contributed by atoms with Crippen LogP contribution in [0.3, 0.4) is 0 Å². The van der Waals surface area contributed by atoms with E-state index in [0.717, 1.165) is 5.56 Å². The van der Waals surface area contributed by atoms with Gasteiger partial charge in [0.05, 0.1) is 0 Å². The molecule has 0 unspecified atom stereocenters. The summed E-state index contributed by atoms with van der Waals surface area (Å²) in [6, 6.07) is 11.9. The maximum absolute atomic E-state index is 13.8. The van der Waals surface area contributed by atoms with Crippen LogP contribution in [0.15, 0.2) is 53.1 Å². The molecule has 0 aliphatic carbocycles. The Labute approximate surface area is 150 Å². The molecule has 24 heavy (non-hydrogen) atoms. The van der Waals surface area contributed by atoms with E-state index in [4.69, 9.17) is 4.42 Å². The third-order valence-electron chi connectivity index (χ3n) is 3.38. The van der Waals surface area contributed by atoms with Crippen LogP contribution in [0.1, 0.15) is 20.8 Å². The quantitative estimate of drug-likeness (QED) is 0.555. The molecule has 5 heteroatoms. The van der Waals surface area contributed by atoms with Gasteiger partial charge in [0.2, 0.25) is 0 Å². The molecule has 1 heterocycles. The average Bonchev–Trinajstić information content (AvgIpc) is 2.96. The van der Waals surface area contributed by atoms with Crippen molar-refractivity contribution in [3.8, 4) is 22.7 Å². The molecular formula is C19H17F2NOSn. The molecular weight excluding hydrogens is 415 g/mol. The van der Waals surface area contributed by atoms with Gasteiger partial charge in [0.15, 0.2) is 0 Å². The number of benzene rings is 2. The summed E-state index contributed by atoms with van der Waals surface area (Å²) in [5.74, 6) is -1.41. The van der Waals surface area contributed by atoms with E-state index in [-0.39, 0.29) is 11.5 Å². The summed E-state index contributed by atoms with van der Waals surface area (Å²) < 4.78 is 34.7. The van der Waals surface area contributed by atoms with Gasteiger partial charge in [0.1, 0.15) is 0 Å². The first-order chi connectivity index (χ1) is 11.3. The molecule has 0 spiro atoms. The fourth-order valence-corrected chi connectivity index (χ4v) is 5.80. The Balaban J connectivity index is 1.88. The maximum atomic E-state index is 13.8. The number of hydrogen-bond acceptors (Lipinski definition) is 2. The number of rotatable bonds is 3. The molecule has 0 saturated carbocycles. The number of halogens is 2. The van der Waals surface area contributed by atoms with Crippen molar-refractivity contribution in [1.82, 2.24) is 4.98 Å². The zero-order valence-electron chi connectivity index (χ0n) is 13.7. The van der Waals surface area contributed by atoms with Gasteiger partial charge in [0.25, 0.3) is 0 Å². The monoisotopic (exact) mass is 433 g/mol. The van der Waals surface area contributed by atoms with Crippen molar-refractivity contribution in [2.45, 2.75) is 24.2 Å². The second-order valence-electron chi connectivity index (χ2n) is 6.59. The van der Waals surface area contributed by atoms with Gasteiger partial charge in [0, 0.05) is 0 Å². The first-order valence-electron chi connectivity index (χ1n) is 7.62. The van der Waals surface area contributed by atoms with Gasteiger partial charge >= 0.3 is 150 Å². The van der Waals surface area contributed by atoms with E-state index in [1.54, 1.807) is 0 Å². The van der Waals surface area contributed by atoms with Crippen LogP contribution >= 0.6 is 0 Å². The third kappa shape index (κ3) is 3.86. The van der Waals surface area contributed by atoms with Crippen LogP contribution in [0.4, 0.5) is 8.78 Å². The van der Waals surface area contributed by atoms with Gasteiger partial charge in [-0.15, -0.1) is 0 Å². The van der Waals surface area contributed by atoms with Crippen molar-refractivity contribution in [2.24, 2.45) is 0 Å². The molecule has 122 valence electrons. The molecule has 0 N–H and O–H groups in total. The normalized spacial score (nSPS) is 11.7. The van der Waals surface area contributed by atoms with Crippen LogP contribution in [0, 0.1) is 11.6 Å². The van der Waals surface area contributed by atoms with E-state index >= 15 is 0 Å². The van der Waals surface area contributed by atoms with Gasteiger partial charge in [-0.1, -0.05) is 0 Å². The van der Waals surface area contributed by atoms with Gasteiger partial charge in [-0.05, 0) is 0 Å². The molecule has 0 saturated heterocycles. The predicted octanol–water partition coefficient (Wildman–Crippen LogP) is 4.83. The predicted molar refractivity (Wildman–Crippen MR) is 92.4 cm³/mol. The Morgan fingerprint density at radius 1 is 0.958 bits per heavy atom. The fourth-order valence-electron chi connectivity index (χ4n) is 2.38. The standard InChI is InChI=1S/C15H8F2NO.C4H9.Sn/c16-11-7-4-8-12(17)14(11)15-18-13(9-19-15)10-5-2-1-3-6-10;1-4(2)3;/h2-9H;1-3H3;. The molecule has 1 aromatic heterocycles. The number of nitrogens with zero attached hydrogens (tertiary/aromatic N) is 1. The molecule has 0 aliphatic heterocycles. The first kappa shape index (κ1) is 17.1. The summed E-state index contributed by atoms with van der Waals surface area (Å²) in [5, 5.41) is 0. The van der Waals surface area contributed by atoms with Crippen molar-refractivity contribution in [3.05, 3.63) is 60.4 Å². The van der Waals surface area contributed by atoms with E-state index in [9.17, 15) is 8.78 Å². The fraction of sp³-hybridized carbons (Fsp3) is 0.211. The summed E-state index contributed by atoms with van der Waals surface area (Å²) in [6.45, 7) is 6.79. The summed E-state index contributed by atoms with van der Waals surface area (Å²) in [5.41, 5.74) is 1.21. The molecule has 3 rings (SSSR count). The average molecular weight is 432 g/mol. The zero-order chi connectivity index (χ0) is 17.3. The number of oxazole rings is 1. The van der Waals surface area contributed by atoms with Gasteiger partial charge in [-0.3, -0.25) is 0 Å². The van der Waals surface area contributed by atoms with Crippen LogP contribution < -0.4 is 3.58 Å². The van der Waals surface area contributed by atoms with E-state index in [1.165, 1.54) is 28.0 Å². The minimum atomic E-state index is -0.684. The molecule has 0 bridgehead atoms. The molecule has 2 radical (unpaired) electrons. The van der Waals surface area contributed by atoms with Crippen LogP contribution in [-0.2, 0) is 0 Å². The van der Waals surface area contributed by atoms with Crippen LogP contribution in [-0.4, -0.2) is 26.1 Å². The Morgan fingerprint density at radius 3 is 2.17 bits per heavy atom. The minimum absolute atomic E-state index is 0.0455. The van der Waals surface area contributed by atoms with E-state index in [0.29, 0.717) is 9.12 Å². The van der Waals surface area contributed by atoms with Crippen molar-refractivity contribution < 1.29 is 13.2 Å². The van der Waals surface area contributed by atoms with Crippen molar-refractivity contribution in [3.63, 3.8) is 0 Å². The van der Waals surface area contributed by atoms with Gasteiger partial charge in [-0.2, -0.15) is 0 Å². The number of aromatic nitrogens is 1. The summed E-state index contributed by atoms with van der Waals surface area (Å²) >= 11 is -0.657. The Hall–Kier alpha value is -1.69. The van der Waals surface area contributed by atoms with Crippen molar-refractivity contribution in [1.29, 1.82) is 0 Å².